The summed E-state index contributed by atoms with van der Waals surface area (Å²) in [6, 6.07) is 7.79. The summed E-state index contributed by atoms with van der Waals surface area (Å²) in [5.41, 5.74) is 7.74. The molecule has 2 aliphatic rings. The van der Waals surface area contributed by atoms with Crippen LogP contribution in [-0.2, 0) is 9.47 Å². The Morgan fingerprint density at radius 3 is 2.59 bits per heavy atom. The number of hydrogen-bond donors (Lipinski definition) is 1. The molecule has 0 bridgehead atoms. The van der Waals surface area contributed by atoms with Crippen LogP contribution >= 0.6 is 0 Å². The number of rotatable bonds is 1. The molecule has 3 nitrogen and oxygen atoms in total. The standard InChI is InChI=1S/C14H18NO2/c1-10-13(11-6-2-3-7-12(11)15)17-14(16-10)8-4-5-9-14/h2-3,6-7,10,13H,1,4-5,8-9,15H2/t10-,13+/m0/s1. The summed E-state index contributed by atoms with van der Waals surface area (Å²) < 4.78 is 12.1. The lowest BCUT2D eigenvalue weighted by molar-refractivity contribution is -0.167. The Morgan fingerprint density at radius 2 is 1.88 bits per heavy atom. The van der Waals surface area contributed by atoms with Gasteiger partial charge in [-0.3, -0.25) is 0 Å². The van der Waals surface area contributed by atoms with E-state index < -0.39 is 0 Å². The molecular weight excluding hydrogens is 214 g/mol. The largest absolute Gasteiger partial charge is 0.398 e. The Labute approximate surface area is 102 Å². The lowest BCUT2D eigenvalue weighted by Crippen LogP contribution is -2.26. The minimum atomic E-state index is -0.390. The first-order valence-corrected chi connectivity index (χ1v) is 6.23. The number of para-hydroxylation sites is 1. The van der Waals surface area contributed by atoms with Crippen LogP contribution in [0.3, 0.4) is 0 Å². The minimum Gasteiger partial charge on any atom is -0.398 e. The molecule has 3 rings (SSSR count). The summed E-state index contributed by atoms with van der Waals surface area (Å²) in [4.78, 5) is 0. The highest BCUT2D eigenvalue weighted by Gasteiger charge is 2.48. The Hall–Kier alpha value is -1.06. The molecule has 2 N–H and O–H groups in total. The van der Waals surface area contributed by atoms with Gasteiger partial charge in [-0.05, 0) is 25.8 Å². The van der Waals surface area contributed by atoms with Crippen LogP contribution < -0.4 is 5.73 Å². The summed E-state index contributed by atoms with van der Waals surface area (Å²) in [5.74, 6) is -0.390. The molecule has 0 aromatic heterocycles. The highest BCUT2D eigenvalue weighted by molar-refractivity contribution is 5.48. The van der Waals surface area contributed by atoms with E-state index in [2.05, 4.69) is 6.92 Å². The maximum atomic E-state index is 6.12. The van der Waals surface area contributed by atoms with E-state index in [0.29, 0.717) is 0 Å². The Morgan fingerprint density at radius 1 is 1.18 bits per heavy atom. The molecule has 17 heavy (non-hydrogen) atoms. The summed E-state index contributed by atoms with van der Waals surface area (Å²) in [7, 11) is 0. The Bertz CT molecular complexity index is 412. The van der Waals surface area contributed by atoms with E-state index in [1.165, 1.54) is 12.8 Å². The van der Waals surface area contributed by atoms with Gasteiger partial charge < -0.3 is 15.2 Å². The van der Waals surface area contributed by atoms with Crippen molar-refractivity contribution in [2.24, 2.45) is 0 Å². The normalized spacial score (nSPS) is 31.1. The molecule has 1 aromatic rings. The predicted molar refractivity (Wildman–Crippen MR) is 66.1 cm³/mol. The first-order valence-electron chi connectivity index (χ1n) is 6.23. The third-order valence-corrected chi connectivity index (χ3v) is 3.71. The van der Waals surface area contributed by atoms with Crippen LogP contribution in [0.1, 0.15) is 37.4 Å². The predicted octanol–water partition coefficient (Wildman–Crippen LogP) is 2.83. The first-order chi connectivity index (χ1) is 8.20. The molecule has 1 spiro atoms. The van der Waals surface area contributed by atoms with Gasteiger partial charge in [0.1, 0.15) is 6.10 Å². The lowest BCUT2D eigenvalue weighted by atomic mass is 10.0. The van der Waals surface area contributed by atoms with Crippen molar-refractivity contribution in [1.29, 1.82) is 0 Å². The highest BCUT2D eigenvalue weighted by atomic mass is 16.8. The van der Waals surface area contributed by atoms with E-state index in [9.17, 15) is 0 Å². The quantitative estimate of drug-likeness (QED) is 0.757. The van der Waals surface area contributed by atoms with Crippen LogP contribution in [0, 0.1) is 6.92 Å². The second kappa shape index (κ2) is 4.00. The van der Waals surface area contributed by atoms with Gasteiger partial charge in [0.05, 0.1) is 6.10 Å². The van der Waals surface area contributed by atoms with Crippen molar-refractivity contribution < 1.29 is 9.47 Å². The second-order valence-electron chi connectivity index (χ2n) is 4.94. The molecule has 1 heterocycles. The third kappa shape index (κ3) is 1.83. The van der Waals surface area contributed by atoms with Crippen molar-refractivity contribution in [2.75, 3.05) is 5.73 Å². The number of hydrogen-bond acceptors (Lipinski definition) is 3. The summed E-state index contributed by atoms with van der Waals surface area (Å²) >= 11 is 0. The molecule has 2 atom stereocenters. The van der Waals surface area contributed by atoms with E-state index in [4.69, 9.17) is 15.2 Å². The number of nitrogen functional groups attached to an aromatic ring is 1. The van der Waals surface area contributed by atoms with Crippen LogP contribution in [0.2, 0.25) is 0 Å². The zero-order chi connectivity index (χ0) is 11.9. The van der Waals surface area contributed by atoms with Crippen molar-refractivity contribution >= 4 is 5.69 Å². The molecule has 91 valence electrons. The van der Waals surface area contributed by atoms with Crippen molar-refractivity contribution in [3.63, 3.8) is 0 Å². The van der Waals surface area contributed by atoms with Crippen LogP contribution in [0.25, 0.3) is 0 Å². The van der Waals surface area contributed by atoms with Gasteiger partial charge in [0.2, 0.25) is 0 Å². The number of ether oxygens (including phenoxy) is 2. The number of benzene rings is 1. The van der Waals surface area contributed by atoms with Crippen molar-refractivity contribution in [3.05, 3.63) is 36.8 Å². The first kappa shape index (κ1) is 11.1. The summed E-state index contributed by atoms with van der Waals surface area (Å²) in [6.45, 7) is 4.05. The minimum absolute atomic E-state index is 0.130. The fraction of sp³-hybridized carbons (Fsp3) is 0.500. The fourth-order valence-electron chi connectivity index (χ4n) is 2.86. The number of nitrogens with two attached hydrogens (primary N) is 1. The molecule has 2 fully saturated rings. The molecule has 1 aromatic carbocycles. The summed E-state index contributed by atoms with van der Waals surface area (Å²) in [5, 5.41) is 0. The summed E-state index contributed by atoms with van der Waals surface area (Å²) in [6.07, 6.45) is 3.99. The molecule has 0 amide bonds. The molecule has 0 unspecified atom stereocenters. The van der Waals surface area contributed by atoms with Crippen molar-refractivity contribution in [3.8, 4) is 0 Å². The van der Waals surface area contributed by atoms with Crippen molar-refractivity contribution in [1.82, 2.24) is 0 Å². The average molecular weight is 232 g/mol. The van der Waals surface area contributed by atoms with Crippen molar-refractivity contribution in [2.45, 2.75) is 43.7 Å². The van der Waals surface area contributed by atoms with Crippen LogP contribution in [-0.4, -0.2) is 11.9 Å². The third-order valence-electron chi connectivity index (χ3n) is 3.71. The maximum absolute atomic E-state index is 6.12. The van der Waals surface area contributed by atoms with E-state index in [-0.39, 0.29) is 18.0 Å². The highest BCUT2D eigenvalue weighted by Crippen LogP contribution is 2.47. The van der Waals surface area contributed by atoms with Gasteiger partial charge in [-0.2, -0.15) is 0 Å². The van der Waals surface area contributed by atoms with Gasteiger partial charge in [-0.1, -0.05) is 18.2 Å². The molecule has 1 saturated carbocycles. The topological polar surface area (TPSA) is 44.5 Å². The SMILES string of the molecule is [CH2][C@@H]1OC2(CCCC2)O[C@H]1c1ccccc1N. The van der Waals surface area contributed by atoms with E-state index in [1.54, 1.807) is 0 Å². The Kier molecular flexibility index (Phi) is 2.60. The van der Waals surface area contributed by atoms with E-state index >= 15 is 0 Å². The second-order valence-corrected chi connectivity index (χ2v) is 4.94. The van der Waals surface area contributed by atoms with E-state index in [0.717, 1.165) is 24.1 Å². The van der Waals surface area contributed by atoms with E-state index in [1.807, 2.05) is 24.3 Å². The van der Waals surface area contributed by atoms with Gasteiger partial charge in [0.15, 0.2) is 5.79 Å². The van der Waals surface area contributed by atoms with Gasteiger partial charge in [0, 0.05) is 24.1 Å². The van der Waals surface area contributed by atoms with Crippen LogP contribution in [0.4, 0.5) is 5.69 Å². The van der Waals surface area contributed by atoms with Crippen LogP contribution in [0.5, 0.6) is 0 Å². The lowest BCUT2D eigenvalue weighted by Gasteiger charge is -2.22. The number of anilines is 1. The molecule has 1 radical (unpaired) electrons. The van der Waals surface area contributed by atoms with Gasteiger partial charge in [-0.15, -0.1) is 0 Å². The fourth-order valence-corrected chi connectivity index (χ4v) is 2.86. The molecule has 1 aliphatic carbocycles. The van der Waals surface area contributed by atoms with Gasteiger partial charge >= 0.3 is 0 Å². The Balaban J connectivity index is 1.87. The monoisotopic (exact) mass is 232 g/mol. The van der Waals surface area contributed by atoms with Crippen LogP contribution in [0.15, 0.2) is 24.3 Å². The van der Waals surface area contributed by atoms with Gasteiger partial charge in [0.25, 0.3) is 0 Å². The molecule has 1 saturated heterocycles. The average Bonchev–Trinajstić information content (AvgIpc) is 2.88. The molecular formula is C14H18NO2. The maximum Gasteiger partial charge on any atom is 0.169 e. The molecule has 3 heteroatoms. The zero-order valence-electron chi connectivity index (χ0n) is 9.89. The zero-order valence-corrected chi connectivity index (χ0v) is 9.89. The van der Waals surface area contributed by atoms with Gasteiger partial charge in [-0.25, -0.2) is 0 Å². The smallest absolute Gasteiger partial charge is 0.169 e. The molecule has 1 aliphatic heterocycles.